The first-order chi connectivity index (χ1) is 12.2. The molecule has 25 heavy (non-hydrogen) atoms. The van der Waals surface area contributed by atoms with E-state index in [0.29, 0.717) is 24.7 Å². The second-order valence-corrected chi connectivity index (χ2v) is 5.41. The number of benzene rings is 2. The normalized spacial score (nSPS) is 10.6. The average molecular weight is 340 g/mol. The summed E-state index contributed by atoms with van der Waals surface area (Å²) in [7, 11) is 0. The Labute approximate surface area is 149 Å². The van der Waals surface area contributed by atoms with Crippen LogP contribution in [0.4, 0.5) is 0 Å². The molecule has 2 aromatic rings. The number of esters is 1. The highest BCUT2D eigenvalue weighted by molar-refractivity contribution is 5.88. The fourth-order valence-corrected chi connectivity index (χ4v) is 2.15. The lowest BCUT2D eigenvalue weighted by molar-refractivity contribution is -0.128. The predicted octanol–water partition coefficient (Wildman–Crippen LogP) is 4.88. The van der Waals surface area contributed by atoms with Crippen LogP contribution in [0.3, 0.4) is 0 Å². The van der Waals surface area contributed by atoms with E-state index in [1.54, 1.807) is 18.2 Å². The largest absolute Gasteiger partial charge is 0.490 e. The molecule has 0 aliphatic carbocycles. The van der Waals surface area contributed by atoms with Gasteiger partial charge in [-0.1, -0.05) is 37.6 Å². The van der Waals surface area contributed by atoms with Gasteiger partial charge in [-0.2, -0.15) is 0 Å². The summed E-state index contributed by atoms with van der Waals surface area (Å²) in [6.07, 6.45) is 5.17. The first kappa shape index (κ1) is 18.6. The summed E-state index contributed by atoms with van der Waals surface area (Å²) in [6.45, 7) is 5.26. The van der Waals surface area contributed by atoms with Crippen LogP contribution in [-0.4, -0.2) is 19.2 Å². The Morgan fingerprint density at radius 1 is 1.00 bits per heavy atom. The molecule has 0 N–H and O–H groups in total. The van der Waals surface area contributed by atoms with E-state index < -0.39 is 5.97 Å². The molecule has 0 aromatic heterocycles. The Morgan fingerprint density at radius 2 is 1.80 bits per heavy atom. The van der Waals surface area contributed by atoms with E-state index in [1.807, 2.05) is 43.3 Å². The van der Waals surface area contributed by atoms with Crippen molar-refractivity contribution in [3.8, 4) is 17.2 Å². The lowest BCUT2D eigenvalue weighted by atomic mass is 10.2. The van der Waals surface area contributed by atoms with Gasteiger partial charge in [-0.3, -0.25) is 0 Å². The molecule has 0 atom stereocenters. The van der Waals surface area contributed by atoms with Crippen molar-refractivity contribution in [3.63, 3.8) is 0 Å². The minimum Gasteiger partial charge on any atom is -0.490 e. The van der Waals surface area contributed by atoms with Crippen LogP contribution in [0.25, 0.3) is 6.08 Å². The smallest absolute Gasteiger partial charge is 0.336 e. The summed E-state index contributed by atoms with van der Waals surface area (Å²) in [5.74, 6) is 1.50. The highest BCUT2D eigenvalue weighted by Crippen LogP contribution is 2.29. The van der Waals surface area contributed by atoms with Gasteiger partial charge in [-0.15, -0.1) is 0 Å². The van der Waals surface area contributed by atoms with Crippen molar-refractivity contribution in [1.82, 2.24) is 0 Å². The van der Waals surface area contributed by atoms with Crippen molar-refractivity contribution in [2.75, 3.05) is 13.2 Å². The van der Waals surface area contributed by atoms with Crippen molar-refractivity contribution < 1.29 is 19.0 Å². The first-order valence-corrected chi connectivity index (χ1v) is 8.57. The van der Waals surface area contributed by atoms with Crippen molar-refractivity contribution >= 4 is 12.0 Å². The Bertz CT molecular complexity index is 692. The van der Waals surface area contributed by atoms with Gasteiger partial charge in [0.25, 0.3) is 0 Å². The zero-order valence-electron chi connectivity index (χ0n) is 14.7. The van der Waals surface area contributed by atoms with E-state index >= 15 is 0 Å². The highest BCUT2D eigenvalue weighted by atomic mass is 16.5. The van der Waals surface area contributed by atoms with Crippen LogP contribution in [0, 0.1) is 0 Å². The number of ether oxygens (including phenoxy) is 3. The molecule has 0 radical (unpaired) electrons. The van der Waals surface area contributed by atoms with Gasteiger partial charge in [-0.25, -0.2) is 4.79 Å². The molecule has 0 saturated heterocycles. The van der Waals surface area contributed by atoms with Crippen molar-refractivity contribution in [3.05, 3.63) is 60.2 Å². The Hall–Kier alpha value is -2.75. The molecule has 0 unspecified atom stereocenters. The van der Waals surface area contributed by atoms with E-state index in [2.05, 4.69) is 6.92 Å². The maximum Gasteiger partial charge on any atom is 0.336 e. The van der Waals surface area contributed by atoms with E-state index in [-0.39, 0.29) is 0 Å². The minimum atomic E-state index is -0.424. The van der Waals surface area contributed by atoms with Crippen LogP contribution in [0.15, 0.2) is 54.6 Å². The third kappa shape index (κ3) is 6.34. The summed E-state index contributed by atoms with van der Waals surface area (Å²) < 4.78 is 16.6. The molecule has 0 heterocycles. The minimum absolute atomic E-state index is 0.424. The van der Waals surface area contributed by atoms with Gasteiger partial charge in [0.1, 0.15) is 5.75 Å². The van der Waals surface area contributed by atoms with Crippen molar-refractivity contribution in [2.24, 2.45) is 0 Å². The van der Waals surface area contributed by atoms with Gasteiger partial charge in [0.2, 0.25) is 0 Å². The summed E-state index contributed by atoms with van der Waals surface area (Å²) in [5.41, 5.74) is 0.844. The molecule has 0 saturated carbocycles. The summed E-state index contributed by atoms with van der Waals surface area (Å²) >= 11 is 0. The molecular weight excluding hydrogens is 316 g/mol. The monoisotopic (exact) mass is 340 g/mol. The number of rotatable bonds is 9. The van der Waals surface area contributed by atoms with Gasteiger partial charge in [0.15, 0.2) is 11.5 Å². The first-order valence-electron chi connectivity index (χ1n) is 8.57. The molecule has 0 aliphatic rings. The number of carbonyl (C=O) groups is 1. The zero-order chi connectivity index (χ0) is 17.9. The molecule has 4 nitrogen and oxygen atoms in total. The topological polar surface area (TPSA) is 44.8 Å². The van der Waals surface area contributed by atoms with Crippen LogP contribution in [0.2, 0.25) is 0 Å². The zero-order valence-corrected chi connectivity index (χ0v) is 14.7. The Kier molecular flexibility index (Phi) is 7.57. The molecule has 4 heteroatoms. The van der Waals surface area contributed by atoms with E-state index in [4.69, 9.17) is 14.2 Å². The number of hydrogen-bond donors (Lipinski definition) is 0. The second kappa shape index (κ2) is 10.2. The molecule has 0 bridgehead atoms. The maximum absolute atomic E-state index is 11.9. The van der Waals surface area contributed by atoms with E-state index in [1.165, 1.54) is 6.08 Å². The predicted molar refractivity (Wildman–Crippen MR) is 99.1 cm³/mol. The van der Waals surface area contributed by atoms with Crippen molar-refractivity contribution in [2.45, 2.75) is 26.7 Å². The van der Waals surface area contributed by atoms with Crippen LogP contribution >= 0.6 is 0 Å². The van der Waals surface area contributed by atoms with Gasteiger partial charge < -0.3 is 14.2 Å². The summed E-state index contributed by atoms with van der Waals surface area (Å²) in [4.78, 5) is 11.9. The van der Waals surface area contributed by atoms with Gasteiger partial charge >= 0.3 is 5.97 Å². The van der Waals surface area contributed by atoms with Crippen LogP contribution in [0.5, 0.6) is 17.2 Å². The fourth-order valence-electron chi connectivity index (χ4n) is 2.15. The average Bonchev–Trinajstić information content (AvgIpc) is 2.63. The third-order valence-electron chi connectivity index (χ3n) is 3.40. The highest BCUT2D eigenvalue weighted by Gasteiger charge is 2.06. The van der Waals surface area contributed by atoms with Crippen LogP contribution in [0.1, 0.15) is 32.3 Å². The summed E-state index contributed by atoms with van der Waals surface area (Å²) in [6, 6.07) is 14.6. The SMILES string of the molecule is CCCCOc1ccc(/C=C/C(=O)Oc2ccccc2)cc1OCC. The number of hydrogen-bond acceptors (Lipinski definition) is 4. The number of para-hydroxylation sites is 1. The second-order valence-electron chi connectivity index (χ2n) is 5.41. The fraction of sp³-hybridized carbons (Fsp3) is 0.286. The van der Waals surface area contributed by atoms with E-state index in [9.17, 15) is 4.79 Å². The maximum atomic E-state index is 11.9. The molecule has 0 spiro atoms. The molecular formula is C21H24O4. The van der Waals surface area contributed by atoms with Gasteiger partial charge in [0, 0.05) is 6.08 Å². The molecule has 0 aliphatic heterocycles. The third-order valence-corrected chi connectivity index (χ3v) is 3.40. The quantitative estimate of drug-likeness (QED) is 0.282. The van der Waals surface area contributed by atoms with Crippen molar-refractivity contribution in [1.29, 1.82) is 0 Å². The Balaban J connectivity index is 2.02. The molecule has 0 amide bonds. The van der Waals surface area contributed by atoms with Gasteiger partial charge in [-0.05, 0) is 49.2 Å². The standard InChI is InChI=1S/C21H24O4/c1-3-5-15-24-19-13-11-17(16-20(19)23-4-2)12-14-21(22)25-18-9-7-6-8-10-18/h6-14,16H,3-5,15H2,1-2H3/b14-12+. The van der Waals surface area contributed by atoms with E-state index in [0.717, 1.165) is 24.2 Å². The van der Waals surface area contributed by atoms with Gasteiger partial charge in [0.05, 0.1) is 13.2 Å². The molecule has 2 aromatic carbocycles. The Morgan fingerprint density at radius 3 is 2.52 bits per heavy atom. The molecule has 132 valence electrons. The van der Waals surface area contributed by atoms with Crippen LogP contribution in [-0.2, 0) is 4.79 Å². The molecule has 2 rings (SSSR count). The molecule has 0 fully saturated rings. The number of unbranched alkanes of at least 4 members (excludes halogenated alkanes) is 1. The van der Waals surface area contributed by atoms with Crippen LogP contribution < -0.4 is 14.2 Å². The lowest BCUT2D eigenvalue weighted by Gasteiger charge is -2.12. The summed E-state index contributed by atoms with van der Waals surface area (Å²) in [5, 5.41) is 0. The number of carbonyl (C=O) groups excluding carboxylic acids is 1. The lowest BCUT2D eigenvalue weighted by Crippen LogP contribution is -2.03.